The smallest absolute Gasteiger partial charge is 0.275 e. The molecule has 7 nitrogen and oxygen atoms in total. The minimum absolute atomic E-state index is 0.240. The van der Waals surface area contributed by atoms with E-state index in [4.69, 9.17) is 4.74 Å². The lowest BCUT2D eigenvalue weighted by Crippen LogP contribution is -2.18. The topological polar surface area (TPSA) is 72.3 Å². The minimum atomic E-state index is -0.240. The van der Waals surface area contributed by atoms with Crippen LogP contribution in [0.4, 0.5) is 5.69 Å². The van der Waals surface area contributed by atoms with Crippen molar-refractivity contribution < 1.29 is 9.53 Å². The number of nitrogens with one attached hydrogen (secondary N) is 1. The molecule has 2 heterocycles. The summed E-state index contributed by atoms with van der Waals surface area (Å²) in [5, 5.41) is 9.66. The summed E-state index contributed by atoms with van der Waals surface area (Å²) in [4.78, 5) is 19.0. The molecular weight excluding hydrogens is 362 g/mol. The molecule has 0 unspecified atom stereocenters. The summed E-state index contributed by atoms with van der Waals surface area (Å²) in [6, 6.07) is 7.70. The van der Waals surface area contributed by atoms with Crippen LogP contribution in [-0.2, 0) is 6.54 Å². The monoisotopic (exact) mass is 385 g/mol. The van der Waals surface area contributed by atoms with Crippen molar-refractivity contribution in [3.8, 4) is 16.3 Å². The molecule has 27 heavy (non-hydrogen) atoms. The summed E-state index contributed by atoms with van der Waals surface area (Å²) in [5.41, 5.74) is 2.01. The van der Waals surface area contributed by atoms with Crippen LogP contribution < -0.4 is 10.1 Å². The van der Waals surface area contributed by atoms with Crippen LogP contribution in [0.1, 0.15) is 17.4 Å². The normalized spacial score (nSPS) is 11.0. The van der Waals surface area contributed by atoms with E-state index in [0.717, 1.165) is 29.4 Å². The van der Waals surface area contributed by atoms with Gasteiger partial charge in [-0.15, -0.1) is 11.3 Å². The first-order valence-corrected chi connectivity index (χ1v) is 9.60. The molecule has 0 aliphatic rings. The van der Waals surface area contributed by atoms with Crippen molar-refractivity contribution in [2.45, 2.75) is 13.5 Å². The third-order valence-electron chi connectivity index (χ3n) is 3.82. The number of likely N-dealkylation sites (N-methyl/N-ethyl adjacent to an activating group) is 1. The van der Waals surface area contributed by atoms with Crippen molar-refractivity contribution in [2.24, 2.45) is 0 Å². The van der Waals surface area contributed by atoms with Gasteiger partial charge in [0, 0.05) is 23.7 Å². The number of ether oxygens (including phenoxy) is 1. The van der Waals surface area contributed by atoms with E-state index in [1.807, 2.05) is 56.2 Å². The molecule has 3 aromatic rings. The van der Waals surface area contributed by atoms with Gasteiger partial charge in [-0.05, 0) is 45.3 Å². The Morgan fingerprint density at radius 3 is 2.78 bits per heavy atom. The Kier molecular flexibility index (Phi) is 6.20. The highest BCUT2D eigenvalue weighted by molar-refractivity contribution is 7.13. The molecule has 8 heteroatoms. The number of nitrogens with zero attached hydrogens (tertiary/aromatic N) is 4. The van der Waals surface area contributed by atoms with Gasteiger partial charge in [0.15, 0.2) is 0 Å². The Morgan fingerprint density at radius 2 is 2.07 bits per heavy atom. The second-order valence-corrected chi connectivity index (χ2v) is 7.10. The maximum absolute atomic E-state index is 12.4. The van der Waals surface area contributed by atoms with E-state index in [1.54, 1.807) is 11.6 Å². The molecule has 2 aromatic heterocycles. The lowest BCUT2D eigenvalue weighted by Gasteiger charge is -2.08. The number of hydrogen-bond donors (Lipinski definition) is 1. The Morgan fingerprint density at radius 1 is 1.30 bits per heavy atom. The number of carbonyl (C=O) groups excluding carboxylic acids is 1. The molecule has 0 saturated heterocycles. The first-order valence-electron chi connectivity index (χ1n) is 8.72. The molecule has 1 N–H and O–H groups in total. The van der Waals surface area contributed by atoms with E-state index in [9.17, 15) is 4.79 Å². The summed E-state index contributed by atoms with van der Waals surface area (Å²) in [5.74, 6) is 0.581. The number of carbonyl (C=O) groups is 1. The first kappa shape index (κ1) is 19.1. The Bertz CT molecular complexity index is 886. The molecule has 0 radical (unpaired) electrons. The van der Waals surface area contributed by atoms with Gasteiger partial charge in [0.1, 0.15) is 16.5 Å². The molecule has 0 aliphatic carbocycles. The second kappa shape index (κ2) is 8.79. The van der Waals surface area contributed by atoms with Gasteiger partial charge in [0.2, 0.25) is 0 Å². The Balaban J connectivity index is 1.63. The average molecular weight is 385 g/mol. The van der Waals surface area contributed by atoms with Gasteiger partial charge in [-0.2, -0.15) is 5.10 Å². The fraction of sp³-hybridized carbons (Fsp3) is 0.316. The molecule has 0 saturated carbocycles. The molecular formula is C19H23N5O2S. The van der Waals surface area contributed by atoms with Gasteiger partial charge in [0.25, 0.3) is 5.91 Å². The SMILES string of the molecule is CCOc1ccc(-c2nc(C(=O)Nc3cnn(CCN(C)C)c3)cs2)cc1. The van der Waals surface area contributed by atoms with Crippen LogP contribution in [0.5, 0.6) is 5.75 Å². The predicted molar refractivity (Wildman–Crippen MR) is 107 cm³/mol. The molecule has 0 spiro atoms. The van der Waals surface area contributed by atoms with Gasteiger partial charge in [-0.3, -0.25) is 9.48 Å². The first-order chi connectivity index (χ1) is 13.0. The van der Waals surface area contributed by atoms with E-state index >= 15 is 0 Å². The molecule has 142 valence electrons. The van der Waals surface area contributed by atoms with Crippen molar-refractivity contribution in [3.05, 3.63) is 47.7 Å². The fourth-order valence-electron chi connectivity index (χ4n) is 2.42. The number of anilines is 1. The Labute approximate surface area is 162 Å². The molecule has 0 aliphatic heterocycles. The van der Waals surface area contributed by atoms with Gasteiger partial charge in [-0.1, -0.05) is 0 Å². The summed E-state index contributed by atoms with van der Waals surface area (Å²) in [7, 11) is 4.02. The van der Waals surface area contributed by atoms with Crippen LogP contribution in [0.3, 0.4) is 0 Å². The van der Waals surface area contributed by atoms with Crippen LogP contribution in [0, 0.1) is 0 Å². The van der Waals surface area contributed by atoms with Crippen LogP contribution in [0.2, 0.25) is 0 Å². The van der Waals surface area contributed by atoms with Crippen LogP contribution in [-0.4, -0.2) is 52.8 Å². The summed E-state index contributed by atoms with van der Waals surface area (Å²) in [6.07, 6.45) is 3.47. The molecule has 0 bridgehead atoms. The average Bonchev–Trinajstić information content (AvgIpc) is 3.30. The van der Waals surface area contributed by atoms with E-state index in [-0.39, 0.29) is 5.91 Å². The number of rotatable bonds is 8. The maximum Gasteiger partial charge on any atom is 0.275 e. The molecule has 0 atom stereocenters. The van der Waals surface area contributed by atoms with Crippen LogP contribution in [0.15, 0.2) is 42.0 Å². The zero-order chi connectivity index (χ0) is 19.2. The Hall–Kier alpha value is -2.71. The van der Waals surface area contributed by atoms with Gasteiger partial charge >= 0.3 is 0 Å². The third kappa shape index (κ3) is 5.15. The van der Waals surface area contributed by atoms with Gasteiger partial charge in [-0.25, -0.2) is 4.98 Å². The van der Waals surface area contributed by atoms with Crippen molar-refractivity contribution in [2.75, 3.05) is 32.6 Å². The lowest BCUT2D eigenvalue weighted by molar-refractivity contribution is 0.102. The molecule has 1 aromatic carbocycles. The summed E-state index contributed by atoms with van der Waals surface area (Å²) < 4.78 is 7.25. The van der Waals surface area contributed by atoms with Crippen molar-refractivity contribution in [1.82, 2.24) is 19.7 Å². The second-order valence-electron chi connectivity index (χ2n) is 6.24. The largest absolute Gasteiger partial charge is 0.494 e. The van der Waals surface area contributed by atoms with Gasteiger partial charge in [0.05, 0.1) is 25.0 Å². The predicted octanol–water partition coefficient (Wildman–Crippen LogP) is 3.22. The quantitative estimate of drug-likeness (QED) is 0.645. The lowest BCUT2D eigenvalue weighted by atomic mass is 10.2. The standard InChI is InChI=1S/C19H23N5O2S/c1-4-26-16-7-5-14(6-8-16)19-22-17(13-27-19)18(25)21-15-11-20-24(12-15)10-9-23(2)3/h5-8,11-13H,4,9-10H2,1-3H3,(H,21,25). The molecule has 3 rings (SSSR count). The van der Waals surface area contributed by atoms with Crippen LogP contribution >= 0.6 is 11.3 Å². The zero-order valence-corrected chi connectivity index (χ0v) is 16.5. The maximum atomic E-state index is 12.4. The number of amides is 1. The van der Waals surface area contributed by atoms with Crippen molar-refractivity contribution in [3.63, 3.8) is 0 Å². The van der Waals surface area contributed by atoms with Crippen molar-refractivity contribution >= 4 is 22.9 Å². The third-order valence-corrected chi connectivity index (χ3v) is 4.71. The van der Waals surface area contributed by atoms with E-state index in [0.29, 0.717) is 18.0 Å². The minimum Gasteiger partial charge on any atom is -0.494 e. The van der Waals surface area contributed by atoms with E-state index in [1.165, 1.54) is 11.3 Å². The van der Waals surface area contributed by atoms with E-state index in [2.05, 4.69) is 20.3 Å². The molecule has 1 amide bonds. The van der Waals surface area contributed by atoms with Crippen LogP contribution in [0.25, 0.3) is 10.6 Å². The highest BCUT2D eigenvalue weighted by Gasteiger charge is 2.13. The number of hydrogen-bond acceptors (Lipinski definition) is 6. The summed E-state index contributed by atoms with van der Waals surface area (Å²) in [6.45, 7) is 4.23. The van der Waals surface area contributed by atoms with Gasteiger partial charge < -0.3 is 15.0 Å². The van der Waals surface area contributed by atoms with E-state index < -0.39 is 0 Å². The highest BCUT2D eigenvalue weighted by atomic mass is 32.1. The molecule has 0 fully saturated rings. The number of thiazole rings is 1. The number of aromatic nitrogens is 3. The zero-order valence-electron chi connectivity index (χ0n) is 15.7. The fourth-order valence-corrected chi connectivity index (χ4v) is 3.23. The highest BCUT2D eigenvalue weighted by Crippen LogP contribution is 2.26. The number of benzene rings is 1. The summed E-state index contributed by atoms with van der Waals surface area (Å²) >= 11 is 1.44. The van der Waals surface area contributed by atoms with Crippen molar-refractivity contribution in [1.29, 1.82) is 0 Å².